The van der Waals surface area contributed by atoms with Crippen LogP contribution in [0.5, 0.6) is 0 Å². The van der Waals surface area contributed by atoms with Gasteiger partial charge in [-0.15, -0.1) is 0 Å². The number of hydrogen-bond acceptors (Lipinski definition) is 2. The predicted molar refractivity (Wildman–Crippen MR) is 67.0 cm³/mol. The van der Waals surface area contributed by atoms with Crippen molar-refractivity contribution < 1.29 is 0 Å². The Morgan fingerprint density at radius 2 is 1.94 bits per heavy atom. The minimum absolute atomic E-state index is 0.564. The van der Waals surface area contributed by atoms with Crippen LogP contribution in [0, 0.1) is 0 Å². The lowest BCUT2D eigenvalue weighted by Gasteiger charge is -2.40. The van der Waals surface area contributed by atoms with E-state index in [1.54, 1.807) is 0 Å². The van der Waals surface area contributed by atoms with Crippen LogP contribution in [-0.2, 0) is 0 Å². The first kappa shape index (κ1) is 10.1. The third-order valence-electron chi connectivity index (χ3n) is 3.59. The van der Waals surface area contributed by atoms with Crippen LogP contribution in [0.4, 0.5) is 0 Å². The van der Waals surface area contributed by atoms with Gasteiger partial charge in [-0.25, -0.2) is 0 Å². The Morgan fingerprint density at radius 3 is 2.62 bits per heavy atom. The lowest BCUT2D eigenvalue weighted by molar-refractivity contribution is 0.0980. The number of nitrogens with zero attached hydrogens (tertiary/aromatic N) is 1. The van der Waals surface area contributed by atoms with Crippen LogP contribution in [0.15, 0.2) is 36.4 Å². The molecule has 1 fully saturated rings. The van der Waals surface area contributed by atoms with Gasteiger partial charge in [-0.3, -0.25) is 10.2 Å². The van der Waals surface area contributed by atoms with E-state index in [1.165, 1.54) is 30.6 Å². The lowest BCUT2D eigenvalue weighted by Crippen LogP contribution is -2.53. The predicted octanol–water partition coefficient (Wildman–Crippen LogP) is 2.10. The summed E-state index contributed by atoms with van der Waals surface area (Å²) in [7, 11) is 0. The number of nitrogens with one attached hydrogen (secondary N) is 1. The van der Waals surface area contributed by atoms with Gasteiger partial charge in [0, 0.05) is 26.1 Å². The molecule has 2 aliphatic rings. The molecule has 0 aliphatic carbocycles. The zero-order valence-electron chi connectivity index (χ0n) is 9.52. The molecule has 1 unspecified atom stereocenters. The summed E-state index contributed by atoms with van der Waals surface area (Å²) < 4.78 is 0. The van der Waals surface area contributed by atoms with E-state index in [-0.39, 0.29) is 0 Å². The highest BCUT2D eigenvalue weighted by Gasteiger charge is 2.26. The van der Waals surface area contributed by atoms with E-state index in [0.29, 0.717) is 6.17 Å². The first-order valence-corrected chi connectivity index (χ1v) is 6.15. The van der Waals surface area contributed by atoms with Crippen LogP contribution in [-0.4, -0.2) is 30.7 Å². The topological polar surface area (TPSA) is 15.3 Å². The van der Waals surface area contributed by atoms with Gasteiger partial charge in [-0.1, -0.05) is 36.4 Å². The average molecular weight is 214 g/mol. The van der Waals surface area contributed by atoms with Crippen LogP contribution >= 0.6 is 0 Å². The normalized spacial score (nSPS) is 26.0. The third kappa shape index (κ3) is 1.91. The molecule has 0 spiro atoms. The van der Waals surface area contributed by atoms with Gasteiger partial charge in [-0.05, 0) is 17.6 Å². The summed E-state index contributed by atoms with van der Waals surface area (Å²) in [6, 6.07) is 10.8. The Bertz CT molecular complexity index is 379. The molecule has 1 aromatic carbocycles. The molecule has 2 aliphatic heterocycles. The van der Waals surface area contributed by atoms with Crippen LogP contribution in [0.1, 0.15) is 18.4 Å². The molecule has 2 heterocycles. The zero-order chi connectivity index (χ0) is 10.8. The third-order valence-corrected chi connectivity index (χ3v) is 3.59. The van der Waals surface area contributed by atoms with Gasteiger partial charge in [0.25, 0.3) is 0 Å². The summed E-state index contributed by atoms with van der Waals surface area (Å²) in [5.74, 6) is 0. The minimum atomic E-state index is 0.564. The fourth-order valence-electron chi connectivity index (χ4n) is 2.48. The van der Waals surface area contributed by atoms with Crippen molar-refractivity contribution in [2.45, 2.75) is 19.0 Å². The van der Waals surface area contributed by atoms with E-state index < -0.39 is 0 Å². The highest BCUT2D eigenvalue weighted by atomic mass is 15.3. The highest BCUT2D eigenvalue weighted by Crippen LogP contribution is 2.25. The van der Waals surface area contributed by atoms with Gasteiger partial charge in [-0.2, -0.15) is 0 Å². The molecule has 1 saturated heterocycles. The molecule has 0 saturated carbocycles. The molecule has 0 radical (unpaired) electrons. The summed E-state index contributed by atoms with van der Waals surface area (Å²) in [6.45, 7) is 3.53. The molecule has 0 aromatic heterocycles. The maximum atomic E-state index is 3.57. The van der Waals surface area contributed by atoms with Crippen molar-refractivity contribution in [2.75, 3.05) is 19.6 Å². The average Bonchev–Trinajstić information content (AvgIpc) is 2.28. The number of rotatable bonds is 2. The van der Waals surface area contributed by atoms with Crippen molar-refractivity contribution in [2.24, 2.45) is 0 Å². The lowest BCUT2D eigenvalue weighted by atomic mass is 9.97. The second-order valence-electron chi connectivity index (χ2n) is 4.61. The maximum absolute atomic E-state index is 3.57. The number of hydrogen-bond donors (Lipinski definition) is 1. The van der Waals surface area contributed by atoms with Crippen molar-refractivity contribution >= 4 is 5.57 Å². The molecule has 2 nitrogen and oxygen atoms in total. The Labute approximate surface area is 97.0 Å². The van der Waals surface area contributed by atoms with Crippen molar-refractivity contribution in [3.8, 4) is 0 Å². The molecule has 2 heteroatoms. The largest absolute Gasteiger partial charge is 0.298 e. The highest BCUT2D eigenvalue weighted by molar-refractivity contribution is 5.66. The number of likely N-dealkylation sites (tertiary alicyclic amines) is 1. The molecule has 0 amide bonds. The Kier molecular flexibility index (Phi) is 2.77. The van der Waals surface area contributed by atoms with Crippen LogP contribution in [0.2, 0.25) is 0 Å². The van der Waals surface area contributed by atoms with Gasteiger partial charge >= 0.3 is 0 Å². The minimum Gasteiger partial charge on any atom is -0.298 e. The van der Waals surface area contributed by atoms with E-state index in [2.05, 4.69) is 46.6 Å². The molecule has 1 atom stereocenters. The zero-order valence-corrected chi connectivity index (χ0v) is 9.52. The van der Waals surface area contributed by atoms with E-state index in [0.717, 1.165) is 13.0 Å². The quantitative estimate of drug-likeness (QED) is 0.811. The fourth-order valence-corrected chi connectivity index (χ4v) is 2.48. The van der Waals surface area contributed by atoms with Crippen LogP contribution in [0.25, 0.3) is 5.57 Å². The molecule has 1 aromatic rings. The summed E-state index contributed by atoms with van der Waals surface area (Å²) in [6.07, 6.45) is 5.40. The summed E-state index contributed by atoms with van der Waals surface area (Å²) in [5, 5.41) is 3.57. The van der Waals surface area contributed by atoms with Crippen molar-refractivity contribution in [1.82, 2.24) is 10.2 Å². The van der Waals surface area contributed by atoms with Gasteiger partial charge in [0.1, 0.15) is 0 Å². The van der Waals surface area contributed by atoms with Gasteiger partial charge in [0.05, 0.1) is 6.17 Å². The van der Waals surface area contributed by atoms with Crippen LogP contribution in [0.3, 0.4) is 0 Å². The Hall–Kier alpha value is -1.12. The van der Waals surface area contributed by atoms with Crippen LogP contribution < -0.4 is 5.32 Å². The van der Waals surface area contributed by atoms with Crippen molar-refractivity contribution in [3.63, 3.8) is 0 Å². The molecule has 16 heavy (non-hydrogen) atoms. The molecule has 84 valence electrons. The smallest absolute Gasteiger partial charge is 0.0641 e. The molecule has 0 bridgehead atoms. The number of benzene rings is 1. The van der Waals surface area contributed by atoms with Gasteiger partial charge < -0.3 is 0 Å². The first-order chi connectivity index (χ1) is 7.93. The molecule has 1 N–H and O–H groups in total. The van der Waals surface area contributed by atoms with Gasteiger partial charge in [0.15, 0.2) is 0 Å². The van der Waals surface area contributed by atoms with E-state index >= 15 is 0 Å². The summed E-state index contributed by atoms with van der Waals surface area (Å²) in [4.78, 5) is 2.54. The maximum Gasteiger partial charge on any atom is 0.0641 e. The summed E-state index contributed by atoms with van der Waals surface area (Å²) >= 11 is 0. The molecular weight excluding hydrogens is 196 g/mol. The Balaban J connectivity index is 1.74. The SMILES string of the molecule is C1=C(c2ccccc2)CC(N2CCC2)NC1. The van der Waals surface area contributed by atoms with Crippen molar-refractivity contribution in [1.29, 1.82) is 0 Å². The van der Waals surface area contributed by atoms with E-state index in [1.807, 2.05) is 0 Å². The standard InChI is InChI=1S/C14H18N2/c1-2-5-12(6-3-1)13-7-8-15-14(11-13)16-9-4-10-16/h1-3,5-7,14-15H,4,8-11H2. The fraction of sp³-hybridized carbons (Fsp3) is 0.429. The van der Waals surface area contributed by atoms with E-state index in [4.69, 9.17) is 0 Å². The second kappa shape index (κ2) is 4.40. The summed E-state index contributed by atoms with van der Waals surface area (Å²) in [5.41, 5.74) is 2.88. The second-order valence-corrected chi connectivity index (χ2v) is 4.61. The van der Waals surface area contributed by atoms with E-state index in [9.17, 15) is 0 Å². The molecule has 3 rings (SSSR count). The van der Waals surface area contributed by atoms with Gasteiger partial charge in [0.2, 0.25) is 0 Å². The monoisotopic (exact) mass is 214 g/mol. The molecular formula is C14H18N2. The Morgan fingerprint density at radius 1 is 1.12 bits per heavy atom. The first-order valence-electron chi connectivity index (χ1n) is 6.15. The van der Waals surface area contributed by atoms with Crippen molar-refractivity contribution in [3.05, 3.63) is 42.0 Å².